The number of anilines is 4. The number of aromatic carboxylic acids is 1. The topological polar surface area (TPSA) is 96.4 Å². The Labute approximate surface area is 161 Å². The van der Waals surface area contributed by atoms with E-state index in [0.29, 0.717) is 39.6 Å². The molecule has 0 unspecified atom stereocenters. The van der Waals surface area contributed by atoms with Crippen molar-refractivity contribution in [3.8, 4) is 5.75 Å². The van der Waals surface area contributed by atoms with Gasteiger partial charge in [-0.2, -0.15) is 0 Å². The smallest absolute Gasteiger partial charge is 0.335 e. The van der Waals surface area contributed by atoms with Gasteiger partial charge in [0.1, 0.15) is 23.2 Å². The first-order chi connectivity index (χ1) is 12.9. The van der Waals surface area contributed by atoms with Crippen LogP contribution in [0.3, 0.4) is 0 Å². The van der Waals surface area contributed by atoms with Crippen molar-refractivity contribution in [2.75, 3.05) is 17.7 Å². The van der Waals surface area contributed by atoms with Gasteiger partial charge in [0.2, 0.25) is 0 Å². The molecule has 1 heterocycles. The molecule has 0 saturated carbocycles. The second-order valence-corrected chi connectivity index (χ2v) is 6.10. The molecule has 0 radical (unpaired) electrons. The van der Waals surface area contributed by atoms with Crippen LogP contribution in [0.15, 0.2) is 48.5 Å². The maximum Gasteiger partial charge on any atom is 0.335 e. The normalized spacial score (nSPS) is 10.3. The highest BCUT2D eigenvalue weighted by atomic mass is 35.5. The lowest BCUT2D eigenvalue weighted by Crippen LogP contribution is -2.03. The van der Waals surface area contributed by atoms with Crippen molar-refractivity contribution in [2.45, 2.75) is 6.92 Å². The molecule has 0 spiro atoms. The summed E-state index contributed by atoms with van der Waals surface area (Å²) < 4.78 is 5.33. The fraction of sp³-hybridized carbons (Fsp3) is 0.105. The van der Waals surface area contributed by atoms with E-state index in [1.54, 1.807) is 50.4 Å². The van der Waals surface area contributed by atoms with Crippen molar-refractivity contribution >= 4 is 40.6 Å². The summed E-state index contributed by atoms with van der Waals surface area (Å²) in [4.78, 5) is 19.8. The van der Waals surface area contributed by atoms with E-state index in [1.807, 2.05) is 0 Å². The number of halogens is 1. The summed E-state index contributed by atoms with van der Waals surface area (Å²) in [5.41, 5.74) is 1.47. The third kappa shape index (κ3) is 4.65. The third-order valence-electron chi connectivity index (χ3n) is 3.64. The van der Waals surface area contributed by atoms with E-state index in [1.165, 1.54) is 12.1 Å². The fourth-order valence-electron chi connectivity index (χ4n) is 2.49. The number of carboxylic acid groups (broad SMARTS) is 1. The highest BCUT2D eigenvalue weighted by Gasteiger charge is 2.09. The van der Waals surface area contributed by atoms with Crippen molar-refractivity contribution < 1.29 is 14.6 Å². The highest BCUT2D eigenvalue weighted by Crippen LogP contribution is 2.30. The molecule has 0 amide bonds. The number of benzene rings is 2. The predicted octanol–water partition coefficient (Wildman–Crippen LogP) is 4.63. The SMILES string of the molecule is COc1ccc(Cl)cc1Nc1cc(Nc2cccc(C(=O)O)c2)nc(C)n1. The quantitative estimate of drug-likeness (QED) is 0.570. The van der Waals surface area contributed by atoms with E-state index >= 15 is 0 Å². The number of aromatic nitrogens is 2. The molecule has 7 nitrogen and oxygen atoms in total. The summed E-state index contributed by atoms with van der Waals surface area (Å²) in [7, 11) is 1.57. The first kappa shape index (κ1) is 18.5. The second kappa shape index (κ2) is 7.92. The van der Waals surface area contributed by atoms with Gasteiger partial charge in [0, 0.05) is 16.8 Å². The lowest BCUT2D eigenvalue weighted by Gasteiger charge is -2.13. The van der Waals surface area contributed by atoms with Gasteiger partial charge in [0.05, 0.1) is 18.4 Å². The Morgan fingerprint density at radius 2 is 1.81 bits per heavy atom. The Balaban J connectivity index is 1.88. The average molecular weight is 385 g/mol. The number of hydrogen-bond acceptors (Lipinski definition) is 6. The molecule has 0 aliphatic rings. The molecule has 138 valence electrons. The van der Waals surface area contributed by atoms with Crippen molar-refractivity contribution in [3.63, 3.8) is 0 Å². The molecule has 0 fully saturated rings. The number of methoxy groups -OCH3 is 1. The lowest BCUT2D eigenvalue weighted by molar-refractivity contribution is 0.0697. The van der Waals surface area contributed by atoms with E-state index in [0.717, 1.165) is 0 Å². The Kier molecular flexibility index (Phi) is 5.42. The predicted molar refractivity (Wildman–Crippen MR) is 105 cm³/mol. The molecule has 3 aromatic rings. The van der Waals surface area contributed by atoms with Gasteiger partial charge in [-0.05, 0) is 43.3 Å². The first-order valence-electron chi connectivity index (χ1n) is 8.01. The van der Waals surface area contributed by atoms with Gasteiger partial charge in [-0.25, -0.2) is 14.8 Å². The number of nitrogens with zero attached hydrogens (tertiary/aromatic N) is 2. The molecule has 8 heteroatoms. The van der Waals surface area contributed by atoms with E-state index in [2.05, 4.69) is 20.6 Å². The van der Waals surface area contributed by atoms with Gasteiger partial charge >= 0.3 is 5.97 Å². The number of nitrogens with one attached hydrogen (secondary N) is 2. The number of rotatable bonds is 6. The Morgan fingerprint density at radius 1 is 1.07 bits per heavy atom. The maximum absolute atomic E-state index is 11.1. The van der Waals surface area contributed by atoms with Crippen LogP contribution in [0.25, 0.3) is 0 Å². The number of hydrogen-bond donors (Lipinski definition) is 3. The number of carbonyl (C=O) groups is 1. The van der Waals surface area contributed by atoms with E-state index in [9.17, 15) is 4.79 Å². The van der Waals surface area contributed by atoms with Gasteiger partial charge in [0.25, 0.3) is 0 Å². The molecule has 27 heavy (non-hydrogen) atoms. The van der Waals surface area contributed by atoms with E-state index < -0.39 is 5.97 Å². The molecule has 0 aliphatic carbocycles. The van der Waals surface area contributed by atoms with Gasteiger partial charge in [-0.1, -0.05) is 17.7 Å². The fourth-order valence-corrected chi connectivity index (χ4v) is 2.66. The van der Waals surface area contributed by atoms with Crippen molar-refractivity contribution in [1.82, 2.24) is 9.97 Å². The van der Waals surface area contributed by atoms with Crippen molar-refractivity contribution in [1.29, 1.82) is 0 Å². The minimum atomic E-state index is -0.993. The Morgan fingerprint density at radius 3 is 2.52 bits per heavy atom. The van der Waals surface area contributed by atoms with E-state index in [4.69, 9.17) is 21.4 Å². The van der Waals surface area contributed by atoms with Crippen LogP contribution in [0.5, 0.6) is 5.75 Å². The van der Waals surface area contributed by atoms with Crippen molar-refractivity contribution in [3.05, 3.63) is 64.9 Å². The summed E-state index contributed by atoms with van der Waals surface area (Å²) in [5, 5.41) is 15.9. The summed E-state index contributed by atoms with van der Waals surface area (Å²) in [6.07, 6.45) is 0. The standard InChI is InChI=1S/C19H17ClN4O3/c1-11-21-17(23-14-5-3-4-12(8-14)19(25)26)10-18(22-11)24-15-9-13(20)6-7-16(15)27-2/h3-10H,1-2H3,(H,25,26)(H2,21,22,23,24). The first-order valence-corrected chi connectivity index (χ1v) is 8.39. The van der Waals surface area contributed by atoms with Crippen LogP contribution in [0, 0.1) is 6.92 Å². The number of carboxylic acids is 1. The summed E-state index contributed by atoms with van der Waals surface area (Å²) >= 11 is 6.06. The Hall–Kier alpha value is -3.32. The zero-order valence-corrected chi connectivity index (χ0v) is 15.4. The van der Waals surface area contributed by atoms with Crippen LogP contribution in [0.4, 0.5) is 23.0 Å². The van der Waals surface area contributed by atoms with E-state index in [-0.39, 0.29) is 5.56 Å². The summed E-state index contributed by atoms with van der Waals surface area (Å²) in [6.45, 7) is 1.76. The van der Waals surface area contributed by atoms with Crippen molar-refractivity contribution in [2.24, 2.45) is 0 Å². The minimum absolute atomic E-state index is 0.188. The zero-order chi connectivity index (χ0) is 19.4. The molecule has 1 aromatic heterocycles. The molecular weight excluding hydrogens is 368 g/mol. The largest absolute Gasteiger partial charge is 0.495 e. The lowest BCUT2D eigenvalue weighted by atomic mass is 10.2. The van der Waals surface area contributed by atoms with Gasteiger partial charge in [0.15, 0.2) is 0 Å². The molecule has 0 atom stereocenters. The number of aryl methyl sites for hydroxylation is 1. The van der Waals surface area contributed by atoms with Crippen LogP contribution in [0.1, 0.15) is 16.2 Å². The summed E-state index contributed by atoms with van der Waals surface area (Å²) in [6, 6.07) is 13.4. The zero-order valence-electron chi connectivity index (χ0n) is 14.7. The molecule has 3 rings (SSSR count). The molecule has 2 aromatic carbocycles. The van der Waals surface area contributed by atoms with Gasteiger partial charge in [-0.15, -0.1) is 0 Å². The van der Waals surface area contributed by atoms with Gasteiger partial charge < -0.3 is 20.5 Å². The molecular formula is C19H17ClN4O3. The monoisotopic (exact) mass is 384 g/mol. The van der Waals surface area contributed by atoms with Crippen LogP contribution in [0.2, 0.25) is 5.02 Å². The minimum Gasteiger partial charge on any atom is -0.495 e. The average Bonchev–Trinajstić information content (AvgIpc) is 2.61. The maximum atomic E-state index is 11.1. The van der Waals surface area contributed by atoms with Crippen LogP contribution in [-0.4, -0.2) is 28.2 Å². The Bertz CT molecular complexity index is 994. The molecule has 0 aliphatic heterocycles. The molecule has 3 N–H and O–H groups in total. The summed E-state index contributed by atoms with van der Waals surface area (Å²) in [5.74, 6) is 1.23. The van der Waals surface area contributed by atoms with Crippen LogP contribution < -0.4 is 15.4 Å². The third-order valence-corrected chi connectivity index (χ3v) is 3.88. The second-order valence-electron chi connectivity index (χ2n) is 5.67. The highest BCUT2D eigenvalue weighted by molar-refractivity contribution is 6.31. The van der Waals surface area contributed by atoms with Crippen LogP contribution in [-0.2, 0) is 0 Å². The van der Waals surface area contributed by atoms with Gasteiger partial charge in [-0.3, -0.25) is 0 Å². The van der Waals surface area contributed by atoms with Crippen LogP contribution >= 0.6 is 11.6 Å². The molecule has 0 bridgehead atoms. The molecule has 0 saturated heterocycles. The number of ether oxygens (including phenoxy) is 1.